The van der Waals surface area contributed by atoms with Gasteiger partial charge >= 0.3 is 0 Å². The minimum absolute atomic E-state index is 0.271. The monoisotopic (exact) mass is 323 g/mol. The van der Waals surface area contributed by atoms with Crippen molar-refractivity contribution in [2.75, 3.05) is 19.4 Å². The fourth-order valence-electron chi connectivity index (χ4n) is 1.62. The third-order valence-corrected chi connectivity index (χ3v) is 3.65. The van der Waals surface area contributed by atoms with E-state index in [1.54, 1.807) is 54.8 Å². The fourth-order valence-corrected chi connectivity index (χ4v) is 2.53. The van der Waals surface area contributed by atoms with Gasteiger partial charge in [0.05, 0.1) is 5.56 Å². The molecule has 0 saturated heterocycles. The summed E-state index contributed by atoms with van der Waals surface area (Å²) in [6, 6.07) is 8.21. The second kappa shape index (κ2) is 6.71. The number of carbonyl (C=O) groups is 2. The molecule has 2 rings (SSSR count). The van der Waals surface area contributed by atoms with E-state index in [9.17, 15) is 9.59 Å². The zero-order chi connectivity index (χ0) is 15.4. The van der Waals surface area contributed by atoms with Gasteiger partial charge in [-0.3, -0.25) is 15.0 Å². The molecule has 0 aliphatic heterocycles. The van der Waals surface area contributed by atoms with E-state index in [1.807, 2.05) is 0 Å². The van der Waals surface area contributed by atoms with E-state index in [4.69, 9.17) is 11.6 Å². The average molecular weight is 324 g/mol. The van der Waals surface area contributed by atoms with Crippen LogP contribution < -0.4 is 10.7 Å². The van der Waals surface area contributed by atoms with Crippen molar-refractivity contribution in [1.82, 2.24) is 10.4 Å². The van der Waals surface area contributed by atoms with Crippen LogP contribution in [0.25, 0.3) is 0 Å². The van der Waals surface area contributed by atoms with Crippen LogP contribution in [0.2, 0.25) is 5.02 Å². The number of rotatable bonds is 4. The lowest BCUT2D eigenvalue weighted by molar-refractivity contribution is 0.0858. The lowest BCUT2D eigenvalue weighted by Gasteiger charge is -2.12. The quantitative estimate of drug-likeness (QED) is 0.851. The van der Waals surface area contributed by atoms with E-state index in [0.29, 0.717) is 21.2 Å². The van der Waals surface area contributed by atoms with Gasteiger partial charge in [-0.1, -0.05) is 11.6 Å². The first-order valence-electron chi connectivity index (χ1n) is 6.10. The Morgan fingerprint density at radius 1 is 1.10 bits per heavy atom. The minimum Gasteiger partial charge on any atom is -0.313 e. The molecule has 1 aromatic heterocycles. The van der Waals surface area contributed by atoms with Crippen LogP contribution in [0.15, 0.2) is 35.7 Å². The largest absolute Gasteiger partial charge is 0.313 e. The number of carbonyl (C=O) groups excluding carboxylic acids is 2. The Balaban J connectivity index is 2.13. The second-order valence-corrected chi connectivity index (χ2v) is 5.81. The number of hydrogen-bond donors (Lipinski definition) is 2. The van der Waals surface area contributed by atoms with E-state index in [2.05, 4.69) is 10.7 Å². The van der Waals surface area contributed by atoms with E-state index in [-0.39, 0.29) is 11.8 Å². The number of nitrogens with zero attached hydrogens (tertiary/aromatic N) is 1. The highest BCUT2D eigenvalue weighted by Gasteiger charge is 2.16. The Morgan fingerprint density at radius 2 is 1.76 bits per heavy atom. The summed E-state index contributed by atoms with van der Waals surface area (Å²) in [5.74, 6) is -0.555. The number of anilines is 1. The smallest absolute Gasteiger partial charge is 0.268 e. The number of amides is 2. The molecule has 0 radical (unpaired) electrons. The molecule has 0 aliphatic carbocycles. The van der Waals surface area contributed by atoms with Crippen molar-refractivity contribution in [2.24, 2.45) is 0 Å². The van der Waals surface area contributed by atoms with Gasteiger partial charge in [-0.25, -0.2) is 5.01 Å². The molecule has 110 valence electrons. The summed E-state index contributed by atoms with van der Waals surface area (Å²) >= 11 is 7.08. The van der Waals surface area contributed by atoms with Gasteiger partial charge in [0.15, 0.2) is 0 Å². The Labute approximate surface area is 131 Å². The summed E-state index contributed by atoms with van der Waals surface area (Å²) < 4.78 is 0. The third-order valence-electron chi connectivity index (χ3n) is 2.57. The molecule has 2 aromatic rings. The topological polar surface area (TPSA) is 61.4 Å². The van der Waals surface area contributed by atoms with Crippen LogP contribution in [-0.4, -0.2) is 30.9 Å². The van der Waals surface area contributed by atoms with Crippen molar-refractivity contribution in [2.45, 2.75) is 0 Å². The first kappa shape index (κ1) is 15.5. The SMILES string of the molecule is CN(C)NC(=O)c1ccsc1NC(=O)c1ccc(Cl)cc1. The first-order valence-corrected chi connectivity index (χ1v) is 7.36. The minimum atomic E-state index is -0.284. The van der Waals surface area contributed by atoms with Gasteiger partial charge in [0.2, 0.25) is 0 Å². The molecule has 7 heteroatoms. The molecule has 0 bridgehead atoms. The van der Waals surface area contributed by atoms with Gasteiger partial charge in [-0.05, 0) is 35.7 Å². The van der Waals surface area contributed by atoms with Crippen molar-refractivity contribution in [1.29, 1.82) is 0 Å². The van der Waals surface area contributed by atoms with Crippen LogP contribution in [0.3, 0.4) is 0 Å². The van der Waals surface area contributed by atoms with Gasteiger partial charge in [-0.15, -0.1) is 11.3 Å². The summed E-state index contributed by atoms with van der Waals surface area (Å²) in [4.78, 5) is 24.1. The number of benzene rings is 1. The van der Waals surface area contributed by atoms with Gasteiger partial charge in [-0.2, -0.15) is 0 Å². The maximum atomic E-state index is 12.1. The maximum Gasteiger partial charge on any atom is 0.268 e. The van der Waals surface area contributed by atoms with Crippen molar-refractivity contribution >= 4 is 39.8 Å². The van der Waals surface area contributed by atoms with Crippen LogP contribution >= 0.6 is 22.9 Å². The van der Waals surface area contributed by atoms with Crippen LogP contribution in [0.5, 0.6) is 0 Å². The summed E-state index contributed by atoms with van der Waals surface area (Å²) in [6.45, 7) is 0. The second-order valence-electron chi connectivity index (χ2n) is 4.46. The van der Waals surface area contributed by atoms with Crippen molar-refractivity contribution in [3.8, 4) is 0 Å². The van der Waals surface area contributed by atoms with E-state index in [0.717, 1.165) is 0 Å². The maximum absolute atomic E-state index is 12.1. The van der Waals surface area contributed by atoms with Crippen molar-refractivity contribution < 1.29 is 9.59 Å². The summed E-state index contributed by atoms with van der Waals surface area (Å²) in [7, 11) is 3.44. The number of halogens is 1. The molecule has 0 saturated carbocycles. The van der Waals surface area contributed by atoms with Crippen LogP contribution in [0, 0.1) is 0 Å². The predicted octanol–water partition coefficient (Wildman–Crippen LogP) is 2.86. The highest BCUT2D eigenvalue weighted by atomic mass is 35.5. The van der Waals surface area contributed by atoms with E-state index < -0.39 is 0 Å². The predicted molar refractivity (Wildman–Crippen MR) is 84.9 cm³/mol. The summed E-state index contributed by atoms with van der Waals surface area (Å²) in [5, 5.41) is 7.11. The molecule has 0 unspecified atom stereocenters. The summed E-state index contributed by atoms with van der Waals surface area (Å²) in [5.41, 5.74) is 3.54. The van der Waals surface area contributed by atoms with E-state index in [1.165, 1.54) is 11.3 Å². The molecule has 0 aliphatic rings. The molecule has 1 heterocycles. The van der Waals surface area contributed by atoms with Gasteiger partial charge in [0, 0.05) is 24.7 Å². The molecule has 1 aromatic carbocycles. The van der Waals surface area contributed by atoms with Crippen LogP contribution in [0.4, 0.5) is 5.00 Å². The molecule has 2 amide bonds. The fraction of sp³-hybridized carbons (Fsp3) is 0.143. The highest BCUT2D eigenvalue weighted by molar-refractivity contribution is 7.14. The molecule has 0 atom stereocenters. The molecular formula is C14H14ClN3O2S. The van der Waals surface area contributed by atoms with Gasteiger partial charge in [0.25, 0.3) is 11.8 Å². The van der Waals surface area contributed by atoms with Crippen LogP contribution in [-0.2, 0) is 0 Å². The zero-order valence-corrected chi connectivity index (χ0v) is 13.1. The Morgan fingerprint density at radius 3 is 2.38 bits per heavy atom. The standard InChI is InChI=1S/C14H14ClN3O2S/c1-18(2)17-13(20)11-7-8-21-14(11)16-12(19)9-3-5-10(15)6-4-9/h3-8H,1-2H3,(H,16,19)(H,17,20). The summed E-state index contributed by atoms with van der Waals surface area (Å²) in [6.07, 6.45) is 0. The molecular weight excluding hydrogens is 310 g/mol. The number of thiophene rings is 1. The molecule has 5 nitrogen and oxygen atoms in total. The zero-order valence-electron chi connectivity index (χ0n) is 11.5. The van der Waals surface area contributed by atoms with Gasteiger partial charge in [0.1, 0.15) is 5.00 Å². The number of nitrogens with one attached hydrogen (secondary N) is 2. The number of hydrogen-bond acceptors (Lipinski definition) is 4. The van der Waals surface area contributed by atoms with Crippen LogP contribution in [0.1, 0.15) is 20.7 Å². The normalized spacial score (nSPS) is 10.5. The third kappa shape index (κ3) is 4.04. The number of hydrazine groups is 1. The van der Waals surface area contributed by atoms with E-state index >= 15 is 0 Å². The molecule has 2 N–H and O–H groups in total. The lowest BCUT2D eigenvalue weighted by atomic mass is 10.2. The highest BCUT2D eigenvalue weighted by Crippen LogP contribution is 2.24. The lowest BCUT2D eigenvalue weighted by Crippen LogP contribution is -2.36. The molecule has 0 spiro atoms. The Hall–Kier alpha value is -1.89. The van der Waals surface area contributed by atoms with Gasteiger partial charge < -0.3 is 5.32 Å². The first-order chi connectivity index (χ1) is 9.97. The molecule has 21 heavy (non-hydrogen) atoms. The molecule has 0 fully saturated rings. The Kier molecular flexibility index (Phi) is 4.95. The average Bonchev–Trinajstić information content (AvgIpc) is 2.86. The van der Waals surface area contributed by atoms with Crippen molar-refractivity contribution in [3.63, 3.8) is 0 Å². The Bertz CT molecular complexity index is 652. The van der Waals surface area contributed by atoms with Crippen molar-refractivity contribution in [3.05, 3.63) is 51.9 Å².